The molecule has 1 aliphatic rings. The molecule has 0 spiro atoms. The van der Waals surface area contributed by atoms with E-state index in [9.17, 15) is 19.3 Å². The van der Waals surface area contributed by atoms with Crippen LogP contribution in [0.5, 0.6) is 0 Å². The Balaban J connectivity index is 1.85. The number of rotatable bonds is 5. The zero-order valence-corrected chi connectivity index (χ0v) is 12.2. The molecule has 1 amide bonds. The molecule has 0 heterocycles. The van der Waals surface area contributed by atoms with Crippen molar-refractivity contribution < 1.29 is 14.1 Å². The number of benzene rings is 2. The molecule has 2 aromatic rings. The van der Waals surface area contributed by atoms with Crippen LogP contribution < -0.4 is 5.32 Å². The number of nitro groups is 1. The van der Waals surface area contributed by atoms with Gasteiger partial charge in [-0.1, -0.05) is 24.3 Å². The highest BCUT2D eigenvalue weighted by molar-refractivity contribution is 5.98. The van der Waals surface area contributed by atoms with Gasteiger partial charge in [0.1, 0.15) is 11.4 Å². The van der Waals surface area contributed by atoms with E-state index in [0.29, 0.717) is 0 Å². The quantitative estimate of drug-likeness (QED) is 0.677. The second-order valence-electron chi connectivity index (χ2n) is 5.61. The fraction of sp³-hybridized carbons (Fsp3) is 0.235. The normalized spacial score (nSPS) is 15.0. The van der Waals surface area contributed by atoms with Gasteiger partial charge in [0.15, 0.2) is 0 Å². The molecule has 2 aromatic carbocycles. The first-order valence-electron chi connectivity index (χ1n) is 7.36. The molecule has 6 heteroatoms. The molecule has 1 aliphatic carbocycles. The lowest BCUT2D eigenvalue weighted by Crippen LogP contribution is -2.30. The Hall–Kier alpha value is -2.76. The Kier molecular flexibility index (Phi) is 4.06. The van der Waals surface area contributed by atoms with Crippen LogP contribution in [0.25, 0.3) is 0 Å². The van der Waals surface area contributed by atoms with Crippen LogP contribution in [-0.4, -0.2) is 10.8 Å². The van der Waals surface area contributed by atoms with Crippen LogP contribution in [-0.2, 0) is 0 Å². The van der Waals surface area contributed by atoms with Crippen LogP contribution in [0.1, 0.15) is 34.8 Å². The van der Waals surface area contributed by atoms with Gasteiger partial charge in [0.05, 0.1) is 11.0 Å². The van der Waals surface area contributed by atoms with Crippen molar-refractivity contribution in [1.82, 2.24) is 5.32 Å². The maximum absolute atomic E-state index is 13.1. The van der Waals surface area contributed by atoms with Crippen LogP contribution in [0.3, 0.4) is 0 Å². The van der Waals surface area contributed by atoms with E-state index in [1.165, 1.54) is 30.3 Å². The molecule has 3 rings (SSSR count). The van der Waals surface area contributed by atoms with Crippen molar-refractivity contribution in [3.63, 3.8) is 0 Å². The molecule has 1 fully saturated rings. The molecule has 0 aromatic heterocycles. The third-order valence-corrected chi connectivity index (χ3v) is 3.95. The minimum atomic E-state index is -0.570. The predicted octanol–water partition coefficient (Wildman–Crippen LogP) is 3.62. The van der Waals surface area contributed by atoms with Gasteiger partial charge in [-0.05, 0) is 42.5 Å². The van der Waals surface area contributed by atoms with Gasteiger partial charge in [0.25, 0.3) is 11.6 Å². The molecule has 0 aliphatic heterocycles. The number of nitrogens with one attached hydrogen (secondary N) is 1. The SMILES string of the molecule is O=C(N[C@@H](c1ccc(F)cc1)C1CC1)c1ccccc1[N+](=O)[O-]. The van der Waals surface area contributed by atoms with Crippen molar-refractivity contribution >= 4 is 11.6 Å². The van der Waals surface area contributed by atoms with E-state index in [1.54, 1.807) is 18.2 Å². The third kappa shape index (κ3) is 3.36. The summed E-state index contributed by atoms with van der Waals surface area (Å²) in [5, 5.41) is 13.9. The zero-order valence-electron chi connectivity index (χ0n) is 12.2. The van der Waals surface area contributed by atoms with Gasteiger partial charge in [-0.25, -0.2) is 4.39 Å². The minimum Gasteiger partial charge on any atom is -0.345 e. The summed E-state index contributed by atoms with van der Waals surface area (Å²) >= 11 is 0. The molecule has 1 atom stereocenters. The van der Waals surface area contributed by atoms with Crippen molar-refractivity contribution in [2.75, 3.05) is 0 Å². The van der Waals surface area contributed by atoms with E-state index in [4.69, 9.17) is 0 Å². The number of hydrogen-bond acceptors (Lipinski definition) is 3. The standard InChI is InChI=1S/C17H15FN2O3/c18-13-9-7-12(8-10-13)16(11-5-6-11)19-17(21)14-3-1-2-4-15(14)20(22)23/h1-4,7-11,16H,5-6H2,(H,19,21)/t16-/m1/s1. The first kappa shape index (κ1) is 15.1. The number of halogens is 1. The Morgan fingerprint density at radius 3 is 2.43 bits per heavy atom. The monoisotopic (exact) mass is 314 g/mol. The predicted molar refractivity (Wildman–Crippen MR) is 82.4 cm³/mol. The fourth-order valence-electron chi connectivity index (χ4n) is 2.62. The number of hydrogen-bond donors (Lipinski definition) is 1. The van der Waals surface area contributed by atoms with Gasteiger partial charge in [-0.2, -0.15) is 0 Å². The van der Waals surface area contributed by atoms with Gasteiger partial charge >= 0.3 is 0 Å². The van der Waals surface area contributed by atoms with Gasteiger partial charge < -0.3 is 5.32 Å². The molecule has 23 heavy (non-hydrogen) atoms. The molecule has 0 saturated heterocycles. The lowest BCUT2D eigenvalue weighted by molar-refractivity contribution is -0.385. The summed E-state index contributed by atoms with van der Waals surface area (Å²) in [7, 11) is 0. The first-order valence-corrected chi connectivity index (χ1v) is 7.36. The largest absolute Gasteiger partial charge is 0.345 e. The second kappa shape index (κ2) is 6.16. The van der Waals surface area contributed by atoms with Crippen molar-refractivity contribution in [3.8, 4) is 0 Å². The van der Waals surface area contributed by atoms with E-state index in [0.717, 1.165) is 18.4 Å². The average molecular weight is 314 g/mol. The van der Waals surface area contributed by atoms with Crippen molar-refractivity contribution in [1.29, 1.82) is 0 Å². The lowest BCUT2D eigenvalue weighted by atomic mass is 10.0. The van der Waals surface area contributed by atoms with Crippen LogP contribution in [0.2, 0.25) is 0 Å². The molecular formula is C17H15FN2O3. The Morgan fingerprint density at radius 2 is 1.83 bits per heavy atom. The molecule has 118 valence electrons. The van der Waals surface area contributed by atoms with E-state index in [-0.39, 0.29) is 29.0 Å². The summed E-state index contributed by atoms with van der Waals surface area (Å²) in [4.78, 5) is 22.9. The van der Waals surface area contributed by atoms with E-state index < -0.39 is 10.8 Å². The minimum absolute atomic E-state index is 0.0326. The third-order valence-electron chi connectivity index (χ3n) is 3.95. The summed E-state index contributed by atoms with van der Waals surface area (Å²) in [6.45, 7) is 0. The molecule has 1 saturated carbocycles. The summed E-state index contributed by atoms with van der Waals surface area (Å²) in [5.74, 6) is -0.543. The smallest absolute Gasteiger partial charge is 0.282 e. The number of nitro benzene ring substituents is 1. The number of para-hydroxylation sites is 1. The average Bonchev–Trinajstić information content (AvgIpc) is 3.38. The fourth-order valence-corrected chi connectivity index (χ4v) is 2.62. The van der Waals surface area contributed by atoms with Crippen LogP contribution in [0.4, 0.5) is 10.1 Å². The Morgan fingerprint density at radius 1 is 1.17 bits per heavy atom. The lowest BCUT2D eigenvalue weighted by Gasteiger charge is -2.19. The number of amides is 1. The van der Waals surface area contributed by atoms with E-state index in [1.807, 2.05) is 0 Å². The molecule has 1 N–H and O–H groups in total. The Labute approximate surface area is 132 Å². The molecular weight excluding hydrogens is 299 g/mol. The highest BCUT2D eigenvalue weighted by Gasteiger charge is 2.34. The Bertz CT molecular complexity index is 742. The van der Waals surface area contributed by atoms with Crippen molar-refractivity contribution in [2.45, 2.75) is 18.9 Å². The first-order chi connectivity index (χ1) is 11.1. The molecule has 0 radical (unpaired) electrons. The van der Waals surface area contributed by atoms with E-state index in [2.05, 4.69) is 5.32 Å². The van der Waals surface area contributed by atoms with Gasteiger partial charge in [-0.3, -0.25) is 14.9 Å². The van der Waals surface area contributed by atoms with Gasteiger partial charge in [0, 0.05) is 6.07 Å². The van der Waals surface area contributed by atoms with Gasteiger partial charge in [-0.15, -0.1) is 0 Å². The maximum Gasteiger partial charge on any atom is 0.282 e. The van der Waals surface area contributed by atoms with Gasteiger partial charge in [0.2, 0.25) is 0 Å². The zero-order chi connectivity index (χ0) is 16.4. The number of nitrogens with zero attached hydrogens (tertiary/aromatic N) is 1. The summed E-state index contributed by atoms with van der Waals surface area (Å²) in [5.41, 5.74) is 0.616. The molecule has 5 nitrogen and oxygen atoms in total. The van der Waals surface area contributed by atoms with Crippen LogP contribution in [0.15, 0.2) is 48.5 Å². The summed E-state index contributed by atoms with van der Waals surface area (Å²) < 4.78 is 13.1. The number of carbonyl (C=O) groups is 1. The number of carbonyl (C=O) groups excluding carboxylic acids is 1. The van der Waals surface area contributed by atoms with Crippen molar-refractivity contribution in [3.05, 3.63) is 75.6 Å². The highest BCUT2D eigenvalue weighted by atomic mass is 19.1. The highest BCUT2D eigenvalue weighted by Crippen LogP contribution is 2.41. The summed E-state index contributed by atoms with van der Waals surface area (Å²) in [6, 6.07) is 11.6. The molecule has 0 unspecified atom stereocenters. The second-order valence-corrected chi connectivity index (χ2v) is 5.61. The van der Waals surface area contributed by atoms with E-state index >= 15 is 0 Å². The van der Waals surface area contributed by atoms with Crippen LogP contribution >= 0.6 is 0 Å². The molecule has 0 bridgehead atoms. The topological polar surface area (TPSA) is 72.2 Å². The maximum atomic E-state index is 13.1. The summed E-state index contributed by atoms with van der Waals surface area (Å²) in [6.07, 6.45) is 1.94. The van der Waals surface area contributed by atoms with Crippen molar-refractivity contribution in [2.24, 2.45) is 5.92 Å². The van der Waals surface area contributed by atoms with Crippen LogP contribution in [0, 0.1) is 21.8 Å².